The largest absolute Gasteiger partial charge is 0.331 e. The fourth-order valence-corrected chi connectivity index (χ4v) is 3.54. The number of aryl methyl sites for hydroxylation is 3. The van der Waals surface area contributed by atoms with Crippen LogP contribution in [-0.2, 0) is 14.1 Å². The molecule has 0 atom stereocenters. The van der Waals surface area contributed by atoms with Gasteiger partial charge >= 0.3 is 0 Å². The summed E-state index contributed by atoms with van der Waals surface area (Å²) in [7, 11) is 3.71. The smallest absolute Gasteiger partial charge is 0.265 e. The van der Waals surface area contributed by atoms with Crippen molar-refractivity contribution < 1.29 is 8.78 Å². The van der Waals surface area contributed by atoms with Crippen LogP contribution in [-0.4, -0.2) is 38.9 Å². The first-order valence-electron chi connectivity index (χ1n) is 9.79. The Bertz CT molecular complexity index is 1410. The van der Waals surface area contributed by atoms with Gasteiger partial charge in [-0.25, -0.2) is 28.2 Å². The highest BCUT2D eigenvalue weighted by Gasteiger charge is 2.20. The summed E-state index contributed by atoms with van der Waals surface area (Å²) in [5.74, 6) is 1.86. The third-order valence-corrected chi connectivity index (χ3v) is 5.18. The van der Waals surface area contributed by atoms with Crippen molar-refractivity contribution in [2.45, 2.75) is 13.3 Å². The van der Waals surface area contributed by atoms with Gasteiger partial charge in [-0.05, 0) is 30.7 Å². The molecule has 5 aromatic rings. The number of aromatic nitrogens is 8. The zero-order valence-electron chi connectivity index (χ0n) is 17.5. The van der Waals surface area contributed by atoms with Crippen LogP contribution in [0.25, 0.3) is 28.4 Å². The topological polar surface area (TPSA) is 90.8 Å². The molecule has 32 heavy (non-hydrogen) atoms. The highest BCUT2D eigenvalue weighted by Crippen LogP contribution is 2.32. The van der Waals surface area contributed by atoms with Crippen molar-refractivity contribution in [1.82, 2.24) is 38.9 Å². The van der Waals surface area contributed by atoms with Gasteiger partial charge in [0.25, 0.3) is 6.43 Å². The van der Waals surface area contributed by atoms with Gasteiger partial charge in [0.2, 0.25) is 5.82 Å². The Hall–Kier alpha value is -4.15. The molecule has 5 heterocycles. The predicted octanol–water partition coefficient (Wildman–Crippen LogP) is 3.91. The number of pyridine rings is 1. The third-order valence-electron chi connectivity index (χ3n) is 5.18. The zero-order chi connectivity index (χ0) is 22.4. The van der Waals surface area contributed by atoms with Crippen LogP contribution in [0, 0.1) is 6.92 Å². The Morgan fingerprint density at radius 2 is 1.88 bits per heavy atom. The lowest BCUT2D eigenvalue weighted by Crippen LogP contribution is -2.06. The van der Waals surface area contributed by atoms with Crippen molar-refractivity contribution >= 4 is 17.2 Å². The third kappa shape index (κ3) is 3.37. The Kier molecular flexibility index (Phi) is 4.65. The molecular weight excluding hydrogens is 416 g/mol. The lowest BCUT2D eigenvalue weighted by atomic mass is 10.1. The highest BCUT2D eigenvalue weighted by atomic mass is 19.3. The zero-order valence-corrected chi connectivity index (χ0v) is 17.5. The van der Waals surface area contributed by atoms with Gasteiger partial charge in [0.15, 0.2) is 11.6 Å². The summed E-state index contributed by atoms with van der Waals surface area (Å²) in [4.78, 5) is 13.1. The average molecular weight is 435 g/mol. The number of hydrogen-bond donors (Lipinski definition) is 1. The Labute approximate surface area is 181 Å². The number of hydrogen-bond acceptors (Lipinski definition) is 6. The Morgan fingerprint density at radius 3 is 2.50 bits per heavy atom. The summed E-state index contributed by atoms with van der Waals surface area (Å²) < 4.78 is 31.1. The van der Waals surface area contributed by atoms with E-state index >= 15 is 0 Å². The van der Waals surface area contributed by atoms with Crippen LogP contribution in [0.5, 0.6) is 0 Å². The number of imidazole rings is 1. The second-order valence-electron chi connectivity index (χ2n) is 7.38. The van der Waals surface area contributed by atoms with Gasteiger partial charge in [0.1, 0.15) is 11.3 Å². The van der Waals surface area contributed by atoms with Crippen molar-refractivity contribution in [1.29, 1.82) is 0 Å². The minimum atomic E-state index is -2.58. The molecule has 5 aromatic heterocycles. The monoisotopic (exact) mass is 435 g/mol. The van der Waals surface area contributed by atoms with Crippen molar-refractivity contribution in [2.24, 2.45) is 14.1 Å². The molecule has 0 unspecified atom stereocenters. The molecule has 0 aliphatic rings. The van der Waals surface area contributed by atoms with Gasteiger partial charge in [-0.3, -0.25) is 4.68 Å². The molecule has 0 bridgehead atoms. The standard InChI is InChI=1S/C21H19F2N9/c1-12-14(15-6-8-31(3)28-15)11-32-17(12)19(26-16-5-4-13(10-25-16)18(22)23)27-20(29-32)21-24-7-9-30(21)2/h4-11,18H,1-3H3,(H,25,26,27,29). The van der Waals surface area contributed by atoms with Gasteiger partial charge in [-0.2, -0.15) is 5.10 Å². The van der Waals surface area contributed by atoms with E-state index in [4.69, 9.17) is 0 Å². The van der Waals surface area contributed by atoms with Crippen LogP contribution >= 0.6 is 0 Å². The molecule has 5 rings (SSSR count). The van der Waals surface area contributed by atoms with Crippen LogP contribution in [0.3, 0.4) is 0 Å². The minimum Gasteiger partial charge on any atom is -0.331 e. The Morgan fingerprint density at radius 1 is 1.03 bits per heavy atom. The van der Waals surface area contributed by atoms with Gasteiger partial charge in [0, 0.05) is 56.2 Å². The number of fused-ring (bicyclic) bond motifs is 1. The minimum absolute atomic E-state index is 0.145. The summed E-state index contributed by atoms with van der Waals surface area (Å²) in [5, 5.41) is 12.3. The number of rotatable bonds is 5. The Balaban J connectivity index is 1.67. The van der Waals surface area contributed by atoms with E-state index in [1.165, 1.54) is 12.1 Å². The van der Waals surface area contributed by atoms with E-state index in [0.29, 0.717) is 23.3 Å². The molecule has 11 heteroatoms. The molecule has 0 aromatic carbocycles. The summed E-state index contributed by atoms with van der Waals surface area (Å²) in [6.45, 7) is 1.96. The van der Waals surface area contributed by atoms with Crippen LogP contribution in [0.1, 0.15) is 17.6 Å². The normalized spacial score (nSPS) is 11.6. The van der Waals surface area contributed by atoms with E-state index in [-0.39, 0.29) is 5.56 Å². The van der Waals surface area contributed by atoms with E-state index in [2.05, 4.69) is 30.5 Å². The van der Waals surface area contributed by atoms with E-state index in [9.17, 15) is 8.78 Å². The van der Waals surface area contributed by atoms with Crippen molar-refractivity contribution in [3.8, 4) is 22.9 Å². The van der Waals surface area contributed by atoms with E-state index in [0.717, 1.165) is 28.5 Å². The SMILES string of the molecule is Cc1c(-c2ccn(C)n2)cn2nc(-c3nccn3C)nc(Nc3ccc(C(F)F)cn3)c12. The second-order valence-corrected chi connectivity index (χ2v) is 7.38. The lowest BCUT2D eigenvalue weighted by Gasteiger charge is -2.10. The highest BCUT2D eigenvalue weighted by molar-refractivity contribution is 5.83. The maximum absolute atomic E-state index is 12.9. The molecule has 0 fully saturated rings. The molecule has 9 nitrogen and oxygen atoms in total. The maximum Gasteiger partial charge on any atom is 0.265 e. The first kappa shape index (κ1) is 19.8. The first-order chi connectivity index (χ1) is 15.4. The van der Waals surface area contributed by atoms with Crippen LogP contribution in [0.4, 0.5) is 20.4 Å². The number of anilines is 2. The molecule has 0 aliphatic heterocycles. The van der Waals surface area contributed by atoms with Crippen molar-refractivity contribution in [2.75, 3.05) is 5.32 Å². The van der Waals surface area contributed by atoms with E-state index in [1.54, 1.807) is 21.6 Å². The molecule has 0 saturated carbocycles. The second kappa shape index (κ2) is 7.52. The molecule has 0 radical (unpaired) electrons. The molecule has 0 aliphatic carbocycles. The van der Waals surface area contributed by atoms with Gasteiger partial charge < -0.3 is 9.88 Å². The van der Waals surface area contributed by atoms with Crippen LogP contribution in [0.2, 0.25) is 0 Å². The van der Waals surface area contributed by atoms with Crippen molar-refractivity contribution in [3.63, 3.8) is 0 Å². The predicted molar refractivity (Wildman–Crippen MR) is 115 cm³/mol. The van der Waals surface area contributed by atoms with Crippen molar-refractivity contribution in [3.05, 3.63) is 60.3 Å². The summed E-state index contributed by atoms with van der Waals surface area (Å²) in [6.07, 6.45) is 5.80. The molecule has 0 spiro atoms. The molecular formula is C21H19F2N9. The fraction of sp³-hybridized carbons (Fsp3) is 0.190. The molecule has 162 valence electrons. The lowest BCUT2D eigenvalue weighted by molar-refractivity contribution is 0.151. The number of halogens is 2. The van der Waals surface area contributed by atoms with Gasteiger partial charge in [-0.1, -0.05) is 0 Å². The summed E-state index contributed by atoms with van der Waals surface area (Å²) in [5.41, 5.74) is 3.21. The number of nitrogens with zero attached hydrogens (tertiary/aromatic N) is 8. The number of nitrogens with one attached hydrogen (secondary N) is 1. The van der Waals surface area contributed by atoms with Gasteiger partial charge in [0.05, 0.1) is 5.69 Å². The number of alkyl halides is 2. The maximum atomic E-state index is 12.9. The molecule has 0 amide bonds. The van der Waals surface area contributed by atoms with Crippen LogP contribution < -0.4 is 5.32 Å². The fourth-order valence-electron chi connectivity index (χ4n) is 3.54. The average Bonchev–Trinajstić information content (AvgIpc) is 3.47. The molecule has 0 saturated heterocycles. The first-order valence-corrected chi connectivity index (χ1v) is 9.79. The molecule has 1 N–H and O–H groups in total. The van der Waals surface area contributed by atoms with Gasteiger partial charge in [-0.15, -0.1) is 5.10 Å². The van der Waals surface area contributed by atoms with E-state index < -0.39 is 6.43 Å². The quantitative estimate of drug-likeness (QED) is 0.450. The van der Waals surface area contributed by atoms with E-state index in [1.807, 2.05) is 44.0 Å². The summed E-state index contributed by atoms with van der Waals surface area (Å²) >= 11 is 0. The summed E-state index contributed by atoms with van der Waals surface area (Å²) in [6, 6.07) is 4.76. The van der Waals surface area contributed by atoms with Crippen LogP contribution in [0.15, 0.2) is 49.2 Å².